The Morgan fingerprint density at radius 2 is 1.50 bits per heavy atom. The number of aromatic nitrogens is 4. The van der Waals surface area contributed by atoms with Gasteiger partial charge in [0, 0.05) is 11.1 Å². The summed E-state index contributed by atoms with van der Waals surface area (Å²) in [7, 11) is 1.67. The molecule has 0 unspecified atom stereocenters. The van der Waals surface area contributed by atoms with E-state index in [0.717, 1.165) is 28.0 Å². The first-order valence-electron chi connectivity index (χ1n) is 9.20. The van der Waals surface area contributed by atoms with Crippen molar-refractivity contribution < 1.29 is 4.74 Å². The quantitative estimate of drug-likeness (QED) is 0.506. The number of benzene rings is 3. The third-order valence-corrected chi connectivity index (χ3v) is 4.94. The van der Waals surface area contributed by atoms with Crippen LogP contribution in [-0.4, -0.2) is 27.3 Å². The standard InChI is InChI=1S/C23H22N4O/c1-23(2,18-13-8-5-9-14-18)27-25-22(24-26-27)19-15-10-16-20(28-3)21(19)17-11-6-4-7-12-17/h4-16H,1-3H3. The van der Waals surface area contributed by atoms with Gasteiger partial charge in [-0.1, -0.05) is 72.8 Å². The molecule has 4 rings (SSSR count). The minimum atomic E-state index is -0.418. The lowest BCUT2D eigenvalue weighted by molar-refractivity contribution is 0.337. The van der Waals surface area contributed by atoms with E-state index in [2.05, 4.69) is 48.4 Å². The SMILES string of the molecule is COc1cccc(-c2nnn(C(C)(C)c3ccccc3)n2)c1-c1ccccc1. The van der Waals surface area contributed by atoms with Gasteiger partial charge < -0.3 is 4.74 Å². The third-order valence-electron chi connectivity index (χ3n) is 4.94. The molecule has 1 heterocycles. The van der Waals surface area contributed by atoms with Crippen molar-refractivity contribution in [2.24, 2.45) is 0 Å². The number of ether oxygens (including phenoxy) is 1. The molecule has 5 heteroatoms. The molecule has 4 aromatic rings. The van der Waals surface area contributed by atoms with Crippen LogP contribution >= 0.6 is 0 Å². The van der Waals surface area contributed by atoms with E-state index in [1.165, 1.54) is 0 Å². The highest BCUT2D eigenvalue weighted by Gasteiger charge is 2.27. The monoisotopic (exact) mass is 370 g/mol. The molecular formula is C23H22N4O. The van der Waals surface area contributed by atoms with Crippen molar-refractivity contribution in [2.75, 3.05) is 7.11 Å². The molecule has 0 aliphatic rings. The van der Waals surface area contributed by atoms with Crippen LogP contribution in [0.3, 0.4) is 0 Å². The second-order valence-corrected chi connectivity index (χ2v) is 7.08. The zero-order chi connectivity index (χ0) is 19.6. The van der Waals surface area contributed by atoms with Crippen molar-refractivity contribution in [3.05, 3.63) is 84.4 Å². The van der Waals surface area contributed by atoms with Crippen LogP contribution in [0.15, 0.2) is 78.9 Å². The molecule has 0 aliphatic heterocycles. The Hall–Kier alpha value is -3.47. The minimum absolute atomic E-state index is 0.418. The maximum Gasteiger partial charge on any atom is 0.205 e. The van der Waals surface area contributed by atoms with Gasteiger partial charge in [0.05, 0.1) is 7.11 Å². The number of rotatable bonds is 5. The minimum Gasteiger partial charge on any atom is -0.496 e. The summed E-state index contributed by atoms with van der Waals surface area (Å²) in [4.78, 5) is 1.67. The van der Waals surface area contributed by atoms with Crippen LogP contribution in [0, 0.1) is 0 Å². The highest BCUT2D eigenvalue weighted by molar-refractivity contribution is 5.85. The van der Waals surface area contributed by atoms with Crippen LogP contribution in [0.5, 0.6) is 5.75 Å². The fourth-order valence-corrected chi connectivity index (χ4v) is 3.31. The highest BCUT2D eigenvalue weighted by Crippen LogP contribution is 2.38. The Bertz CT molecular complexity index is 1070. The number of hydrogen-bond donors (Lipinski definition) is 0. The van der Waals surface area contributed by atoms with Crippen LogP contribution < -0.4 is 4.74 Å². The van der Waals surface area contributed by atoms with Crippen LogP contribution in [-0.2, 0) is 5.54 Å². The van der Waals surface area contributed by atoms with Gasteiger partial charge >= 0.3 is 0 Å². The topological polar surface area (TPSA) is 52.8 Å². The maximum absolute atomic E-state index is 5.62. The number of tetrazole rings is 1. The van der Waals surface area contributed by atoms with E-state index in [-0.39, 0.29) is 0 Å². The zero-order valence-corrected chi connectivity index (χ0v) is 16.2. The second-order valence-electron chi connectivity index (χ2n) is 7.08. The molecule has 0 fully saturated rings. The van der Waals surface area contributed by atoms with E-state index >= 15 is 0 Å². The molecule has 0 saturated carbocycles. The summed E-state index contributed by atoms with van der Waals surface area (Å²) in [6.45, 7) is 4.16. The van der Waals surface area contributed by atoms with Gasteiger partial charge in [-0.15, -0.1) is 10.2 Å². The van der Waals surface area contributed by atoms with Gasteiger partial charge in [-0.3, -0.25) is 0 Å². The van der Waals surface area contributed by atoms with E-state index in [0.29, 0.717) is 5.82 Å². The van der Waals surface area contributed by atoms with Crippen molar-refractivity contribution in [2.45, 2.75) is 19.4 Å². The van der Waals surface area contributed by atoms with E-state index in [4.69, 9.17) is 9.84 Å². The van der Waals surface area contributed by atoms with Crippen LogP contribution in [0.1, 0.15) is 19.4 Å². The largest absolute Gasteiger partial charge is 0.496 e. The smallest absolute Gasteiger partial charge is 0.205 e. The van der Waals surface area contributed by atoms with Gasteiger partial charge in [-0.25, -0.2) is 0 Å². The predicted molar refractivity (Wildman–Crippen MR) is 110 cm³/mol. The predicted octanol–water partition coefficient (Wildman–Crippen LogP) is 4.80. The summed E-state index contributed by atoms with van der Waals surface area (Å²) in [6, 6.07) is 26.2. The summed E-state index contributed by atoms with van der Waals surface area (Å²) in [5, 5.41) is 13.5. The van der Waals surface area contributed by atoms with Crippen LogP contribution in [0.4, 0.5) is 0 Å². The molecular weight excluding hydrogens is 348 g/mol. The van der Waals surface area contributed by atoms with Gasteiger partial charge in [0.15, 0.2) is 0 Å². The maximum atomic E-state index is 5.62. The fraction of sp³-hybridized carbons (Fsp3) is 0.174. The Morgan fingerprint density at radius 1 is 0.821 bits per heavy atom. The molecule has 0 aliphatic carbocycles. The molecule has 0 saturated heterocycles. The van der Waals surface area contributed by atoms with Crippen LogP contribution in [0.2, 0.25) is 0 Å². The Morgan fingerprint density at radius 3 is 2.18 bits per heavy atom. The number of methoxy groups -OCH3 is 1. The summed E-state index contributed by atoms with van der Waals surface area (Å²) < 4.78 is 5.62. The second kappa shape index (κ2) is 7.27. The van der Waals surface area contributed by atoms with E-state index in [1.54, 1.807) is 11.9 Å². The van der Waals surface area contributed by atoms with Gasteiger partial charge in [-0.05, 0) is 36.3 Å². The van der Waals surface area contributed by atoms with Gasteiger partial charge in [-0.2, -0.15) is 4.80 Å². The molecule has 5 nitrogen and oxygen atoms in total. The van der Waals surface area contributed by atoms with Crippen molar-refractivity contribution in [1.29, 1.82) is 0 Å². The zero-order valence-electron chi connectivity index (χ0n) is 16.2. The molecule has 0 N–H and O–H groups in total. The lowest BCUT2D eigenvalue weighted by Gasteiger charge is -2.23. The third kappa shape index (κ3) is 3.16. The van der Waals surface area contributed by atoms with Crippen molar-refractivity contribution in [3.63, 3.8) is 0 Å². The van der Waals surface area contributed by atoms with Crippen molar-refractivity contribution in [1.82, 2.24) is 20.2 Å². The highest BCUT2D eigenvalue weighted by atomic mass is 16.5. The Labute approximate surface area is 164 Å². The first-order chi connectivity index (χ1) is 13.6. The van der Waals surface area contributed by atoms with E-state index in [9.17, 15) is 0 Å². The lowest BCUT2D eigenvalue weighted by atomic mass is 9.95. The fourth-order valence-electron chi connectivity index (χ4n) is 3.31. The summed E-state index contributed by atoms with van der Waals surface area (Å²) in [5.74, 6) is 1.35. The Kier molecular flexibility index (Phi) is 4.65. The molecule has 28 heavy (non-hydrogen) atoms. The molecule has 0 amide bonds. The first-order valence-corrected chi connectivity index (χ1v) is 9.20. The summed E-state index contributed by atoms with van der Waals surface area (Å²) >= 11 is 0. The normalized spacial score (nSPS) is 11.4. The van der Waals surface area contributed by atoms with E-state index in [1.807, 2.05) is 54.6 Å². The molecule has 0 spiro atoms. The molecule has 140 valence electrons. The first kappa shape index (κ1) is 17.9. The molecule has 1 aromatic heterocycles. The number of hydrogen-bond acceptors (Lipinski definition) is 4. The Balaban J connectivity index is 1.82. The molecule has 0 radical (unpaired) electrons. The van der Waals surface area contributed by atoms with E-state index < -0.39 is 5.54 Å². The van der Waals surface area contributed by atoms with Gasteiger partial charge in [0.2, 0.25) is 5.82 Å². The molecule has 0 bridgehead atoms. The average Bonchev–Trinajstić information content (AvgIpc) is 3.25. The van der Waals surface area contributed by atoms with Crippen molar-refractivity contribution >= 4 is 0 Å². The van der Waals surface area contributed by atoms with Crippen LogP contribution in [0.25, 0.3) is 22.5 Å². The van der Waals surface area contributed by atoms with Gasteiger partial charge in [0.25, 0.3) is 0 Å². The van der Waals surface area contributed by atoms with Crippen molar-refractivity contribution in [3.8, 4) is 28.3 Å². The lowest BCUT2D eigenvalue weighted by Crippen LogP contribution is -2.30. The summed E-state index contributed by atoms with van der Waals surface area (Å²) in [6.07, 6.45) is 0. The molecule has 3 aromatic carbocycles. The van der Waals surface area contributed by atoms with Gasteiger partial charge in [0.1, 0.15) is 11.3 Å². The number of nitrogens with zero attached hydrogens (tertiary/aromatic N) is 4. The summed E-state index contributed by atoms with van der Waals surface area (Å²) in [5.41, 5.74) is 3.60. The average molecular weight is 370 g/mol. The molecule has 0 atom stereocenters.